The van der Waals surface area contributed by atoms with Gasteiger partial charge in [-0.3, -0.25) is 4.90 Å². The van der Waals surface area contributed by atoms with Crippen molar-refractivity contribution in [1.29, 1.82) is 0 Å². The van der Waals surface area contributed by atoms with Crippen molar-refractivity contribution in [3.63, 3.8) is 0 Å². The van der Waals surface area contributed by atoms with Crippen molar-refractivity contribution in [2.24, 2.45) is 0 Å². The predicted molar refractivity (Wildman–Crippen MR) is 125 cm³/mol. The zero-order chi connectivity index (χ0) is 20.5. The minimum atomic E-state index is 0.799. The zero-order valence-corrected chi connectivity index (χ0v) is 17.3. The van der Waals surface area contributed by atoms with Gasteiger partial charge in [-0.1, -0.05) is 6.58 Å². The molecule has 2 aromatic rings. The highest BCUT2D eigenvalue weighted by atomic mass is 15.4. The van der Waals surface area contributed by atoms with Crippen molar-refractivity contribution in [3.05, 3.63) is 61.2 Å². The van der Waals surface area contributed by atoms with Gasteiger partial charge >= 0.3 is 0 Å². The lowest BCUT2D eigenvalue weighted by Crippen LogP contribution is -2.61. The Balaban J connectivity index is 1.41. The van der Waals surface area contributed by atoms with Crippen molar-refractivity contribution in [3.8, 4) is 0 Å². The second-order valence-corrected chi connectivity index (χ2v) is 7.92. The molecule has 0 aromatic heterocycles. The van der Waals surface area contributed by atoms with Crippen LogP contribution in [0.15, 0.2) is 61.2 Å². The molecule has 0 saturated carbocycles. The second-order valence-electron chi connectivity index (χ2n) is 7.92. The van der Waals surface area contributed by atoms with Gasteiger partial charge in [0.25, 0.3) is 0 Å². The first kappa shape index (κ1) is 21.0. The Bertz CT molecular complexity index is 748. The normalized spacial score (nSPS) is 16.3. The molecule has 1 aliphatic heterocycles. The number of piperazine rings is 1. The number of nitrogens with zero attached hydrogens (tertiary/aromatic N) is 2. The fourth-order valence-corrected chi connectivity index (χ4v) is 3.92. The Hall–Kier alpha value is -2.70. The van der Waals surface area contributed by atoms with Gasteiger partial charge in [-0.2, -0.15) is 0 Å². The number of hydrogen-bond donors (Lipinski definition) is 4. The van der Waals surface area contributed by atoms with Crippen LogP contribution in [0.2, 0.25) is 0 Å². The molecule has 6 nitrogen and oxygen atoms in total. The van der Waals surface area contributed by atoms with E-state index in [1.54, 1.807) is 0 Å². The van der Waals surface area contributed by atoms with Gasteiger partial charge in [0.2, 0.25) is 0 Å². The lowest BCUT2D eigenvalue weighted by molar-refractivity contribution is -0.925. The van der Waals surface area contributed by atoms with E-state index < -0.39 is 0 Å². The SMILES string of the molecule is C=CC[N+]1(CCNc2ccc(N)cc2)CCN(CCNc2ccc(N)cc2)CC1. The smallest absolute Gasteiger partial charge is 0.0972 e. The first-order valence-corrected chi connectivity index (χ1v) is 10.5. The van der Waals surface area contributed by atoms with Gasteiger partial charge in [-0.25, -0.2) is 0 Å². The average molecular weight is 396 g/mol. The van der Waals surface area contributed by atoms with Crippen LogP contribution < -0.4 is 22.1 Å². The average Bonchev–Trinajstić information content (AvgIpc) is 2.73. The van der Waals surface area contributed by atoms with E-state index >= 15 is 0 Å². The second kappa shape index (κ2) is 10.2. The van der Waals surface area contributed by atoms with Gasteiger partial charge in [0, 0.05) is 48.9 Å². The van der Waals surface area contributed by atoms with Crippen molar-refractivity contribution in [1.82, 2.24) is 4.90 Å². The van der Waals surface area contributed by atoms with E-state index in [-0.39, 0.29) is 0 Å². The first-order chi connectivity index (χ1) is 14.1. The Labute approximate surface area is 174 Å². The lowest BCUT2D eigenvalue weighted by atomic mass is 10.2. The molecule has 1 aliphatic rings. The predicted octanol–water partition coefficient (Wildman–Crippen LogP) is 2.69. The van der Waals surface area contributed by atoms with E-state index in [4.69, 9.17) is 11.5 Å². The van der Waals surface area contributed by atoms with E-state index in [0.29, 0.717) is 0 Å². The molecule has 3 rings (SSSR count). The maximum Gasteiger partial charge on any atom is 0.0972 e. The molecule has 0 spiro atoms. The summed E-state index contributed by atoms with van der Waals surface area (Å²) in [7, 11) is 0. The first-order valence-electron chi connectivity index (χ1n) is 10.5. The van der Waals surface area contributed by atoms with Crippen LogP contribution in [0.3, 0.4) is 0 Å². The van der Waals surface area contributed by atoms with E-state index in [1.165, 1.54) is 0 Å². The minimum absolute atomic E-state index is 0.799. The molecule has 0 radical (unpaired) electrons. The molecule has 0 amide bonds. The monoisotopic (exact) mass is 395 g/mol. The van der Waals surface area contributed by atoms with Crippen molar-refractivity contribution < 1.29 is 4.48 Å². The van der Waals surface area contributed by atoms with Crippen LogP contribution >= 0.6 is 0 Å². The number of nitrogens with one attached hydrogen (secondary N) is 2. The Morgan fingerprint density at radius 2 is 1.38 bits per heavy atom. The van der Waals surface area contributed by atoms with Crippen LogP contribution in [-0.4, -0.2) is 68.3 Å². The standard InChI is InChI=1S/C23H35N6/c1-2-16-29(17-12-27-23-9-5-21(25)6-10-23)18-14-28(15-19-29)13-11-26-22-7-3-20(24)4-8-22/h2-10,26-27H,1,11-19,24-25H2/q+1. The van der Waals surface area contributed by atoms with Crippen LogP contribution in [0.1, 0.15) is 0 Å². The number of anilines is 4. The number of quaternary nitrogens is 1. The summed E-state index contributed by atoms with van der Waals surface area (Å²) in [4.78, 5) is 2.55. The molecule has 1 fully saturated rings. The third-order valence-electron chi connectivity index (χ3n) is 5.79. The van der Waals surface area contributed by atoms with Gasteiger partial charge in [0.15, 0.2) is 0 Å². The Morgan fingerprint density at radius 1 is 0.862 bits per heavy atom. The molecular formula is C23H35N6+. The van der Waals surface area contributed by atoms with Crippen LogP contribution in [0, 0.1) is 0 Å². The van der Waals surface area contributed by atoms with Crippen LogP contribution in [-0.2, 0) is 0 Å². The zero-order valence-electron chi connectivity index (χ0n) is 17.3. The summed E-state index contributed by atoms with van der Waals surface area (Å²) < 4.78 is 1.10. The Morgan fingerprint density at radius 3 is 1.90 bits per heavy atom. The fraction of sp³-hybridized carbons (Fsp3) is 0.391. The van der Waals surface area contributed by atoms with Gasteiger partial charge < -0.3 is 26.6 Å². The van der Waals surface area contributed by atoms with Gasteiger partial charge in [-0.05, 0) is 54.6 Å². The van der Waals surface area contributed by atoms with Gasteiger partial charge in [-0.15, -0.1) is 0 Å². The summed E-state index contributed by atoms with van der Waals surface area (Å²) in [6.45, 7) is 13.7. The fourth-order valence-electron chi connectivity index (χ4n) is 3.92. The molecule has 1 saturated heterocycles. The number of rotatable bonds is 10. The highest BCUT2D eigenvalue weighted by Crippen LogP contribution is 2.15. The molecule has 2 aromatic carbocycles. The molecule has 6 N–H and O–H groups in total. The molecular weight excluding hydrogens is 360 g/mol. The van der Waals surface area contributed by atoms with E-state index in [1.807, 2.05) is 48.5 Å². The molecule has 0 aliphatic carbocycles. The lowest BCUT2D eigenvalue weighted by Gasteiger charge is -2.44. The summed E-state index contributed by atoms with van der Waals surface area (Å²) in [5, 5.41) is 7.02. The van der Waals surface area contributed by atoms with Gasteiger partial charge in [0.05, 0.1) is 32.7 Å². The summed E-state index contributed by atoms with van der Waals surface area (Å²) >= 11 is 0. The van der Waals surface area contributed by atoms with Crippen LogP contribution in [0.4, 0.5) is 22.7 Å². The topological polar surface area (TPSA) is 79.3 Å². The van der Waals surface area contributed by atoms with Crippen LogP contribution in [0.25, 0.3) is 0 Å². The molecule has 0 atom stereocenters. The summed E-state index contributed by atoms with van der Waals surface area (Å²) in [5.41, 5.74) is 15.4. The number of hydrogen-bond acceptors (Lipinski definition) is 5. The van der Waals surface area contributed by atoms with E-state index in [9.17, 15) is 0 Å². The number of benzene rings is 2. The minimum Gasteiger partial charge on any atom is -0.399 e. The van der Waals surface area contributed by atoms with Crippen molar-refractivity contribution >= 4 is 22.7 Å². The maximum absolute atomic E-state index is 5.76. The van der Waals surface area contributed by atoms with E-state index in [2.05, 4.69) is 28.2 Å². The Kier molecular flexibility index (Phi) is 7.38. The van der Waals surface area contributed by atoms with Gasteiger partial charge in [0.1, 0.15) is 0 Å². The van der Waals surface area contributed by atoms with E-state index in [0.717, 1.165) is 86.1 Å². The summed E-state index contributed by atoms with van der Waals surface area (Å²) in [6, 6.07) is 15.9. The molecule has 1 heterocycles. The summed E-state index contributed by atoms with van der Waals surface area (Å²) in [5.74, 6) is 0. The molecule has 0 bridgehead atoms. The number of nitrogens with two attached hydrogens (primary N) is 2. The molecule has 156 valence electrons. The van der Waals surface area contributed by atoms with Crippen LogP contribution in [0.5, 0.6) is 0 Å². The quantitative estimate of drug-likeness (QED) is 0.283. The van der Waals surface area contributed by atoms with Crippen molar-refractivity contribution in [2.75, 3.05) is 81.0 Å². The molecule has 0 unspecified atom stereocenters. The summed E-state index contributed by atoms with van der Waals surface area (Å²) in [6.07, 6.45) is 2.07. The molecule has 6 heteroatoms. The third-order valence-corrected chi connectivity index (χ3v) is 5.79. The highest BCUT2D eigenvalue weighted by molar-refractivity contribution is 5.51. The largest absolute Gasteiger partial charge is 0.399 e. The highest BCUT2D eigenvalue weighted by Gasteiger charge is 2.31. The third kappa shape index (κ3) is 6.41. The van der Waals surface area contributed by atoms with Crippen molar-refractivity contribution in [2.45, 2.75) is 0 Å². The maximum atomic E-state index is 5.76. The molecule has 29 heavy (non-hydrogen) atoms. The number of nitrogen functional groups attached to an aromatic ring is 2.